The molecule has 0 radical (unpaired) electrons. The molecule has 0 saturated heterocycles. The average molecular weight is 251 g/mol. The predicted octanol–water partition coefficient (Wildman–Crippen LogP) is 4.62. The first kappa shape index (κ1) is 14.4. The third-order valence-corrected chi connectivity index (χ3v) is 5.70. The Hall–Kier alpha value is -0.0400. The van der Waals surface area contributed by atoms with Crippen LogP contribution in [0.1, 0.15) is 72.1 Å². The van der Waals surface area contributed by atoms with Crippen molar-refractivity contribution >= 4 is 0 Å². The van der Waals surface area contributed by atoms with Gasteiger partial charge in [-0.15, -0.1) is 0 Å². The molecule has 0 bridgehead atoms. The molecule has 2 aliphatic carbocycles. The van der Waals surface area contributed by atoms with Gasteiger partial charge in [0.15, 0.2) is 0 Å². The van der Waals surface area contributed by atoms with Gasteiger partial charge >= 0.3 is 0 Å². The predicted molar refractivity (Wildman–Crippen MR) is 79.7 cm³/mol. The van der Waals surface area contributed by atoms with Crippen LogP contribution in [0.15, 0.2) is 0 Å². The van der Waals surface area contributed by atoms with Crippen LogP contribution in [-0.4, -0.2) is 12.6 Å². The molecule has 1 N–H and O–H groups in total. The van der Waals surface area contributed by atoms with Gasteiger partial charge in [-0.3, -0.25) is 0 Å². The molecule has 2 fully saturated rings. The molecule has 1 heteroatoms. The zero-order valence-electron chi connectivity index (χ0n) is 12.8. The summed E-state index contributed by atoms with van der Waals surface area (Å²) in [5.74, 6) is 4.01. The monoisotopic (exact) mass is 251 g/mol. The molecule has 5 unspecified atom stereocenters. The van der Waals surface area contributed by atoms with Crippen LogP contribution in [0.25, 0.3) is 0 Å². The maximum Gasteiger partial charge on any atom is 0.00698 e. The maximum atomic E-state index is 3.76. The second kappa shape index (κ2) is 6.93. The summed E-state index contributed by atoms with van der Waals surface area (Å²) >= 11 is 0. The molecule has 2 saturated carbocycles. The van der Waals surface area contributed by atoms with Crippen LogP contribution >= 0.6 is 0 Å². The van der Waals surface area contributed by atoms with Crippen molar-refractivity contribution < 1.29 is 0 Å². The Bertz CT molecular complexity index is 238. The molecule has 0 aromatic carbocycles. The fourth-order valence-corrected chi connectivity index (χ4v) is 4.21. The molecule has 106 valence electrons. The Balaban J connectivity index is 1.81. The van der Waals surface area contributed by atoms with Gasteiger partial charge < -0.3 is 5.32 Å². The molecule has 0 aromatic rings. The molecule has 1 nitrogen and oxygen atoms in total. The summed E-state index contributed by atoms with van der Waals surface area (Å²) in [6.45, 7) is 8.42. The minimum absolute atomic E-state index is 0.832. The Morgan fingerprint density at radius 2 is 1.67 bits per heavy atom. The molecule has 18 heavy (non-hydrogen) atoms. The van der Waals surface area contributed by atoms with Gasteiger partial charge in [0.25, 0.3) is 0 Å². The average Bonchev–Trinajstić information content (AvgIpc) is 2.40. The molecule has 5 atom stereocenters. The molecule has 2 rings (SSSR count). The van der Waals surface area contributed by atoms with Gasteiger partial charge in [-0.05, 0) is 62.3 Å². The fourth-order valence-electron chi connectivity index (χ4n) is 4.21. The molecule has 2 aliphatic rings. The quantitative estimate of drug-likeness (QED) is 0.769. The third kappa shape index (κ3) is 3.73. The fraction of sp³-hybridized carbons (Fsp3) is 1.00. The van der Waals surface area contributed by atoms with E-state index in [4.69, 9.17) is 0 Å². The van der Waals surface area contributed by atoms with Crippen molar-refractivity contribution in [1.29, 1.82) is 0 Å². The zero-order chi connectivity index (χ0) is 13.0. The normalized spacial score (nSPS) is 41.8. The topological polar surface area (TPSA) is 12.0 Å². The highest BCUT2D eigenvalue weighted by molar-refractivity contribution is 4.85. The summed E-state index contributed by atoms with van der Waals surface area (Å²) in [6, 6.07) is 0.832. The first-order valence-electron chi connectivity index (χ1n) is 8.44. The van der Waals surface area contributed by atoms with Crippen LogP contribution in [0.2, 0.25) is 0 Å². The van der Waals surface area contributed by atoms with E-state index in [1.807, 2.05) is 0 Å². The zero-order valence-corrected chi connectivity index (χ0v) is 12.8. The van der Waals surface area contributed by atoms with Crippen LogP contribution in [0.4, 0.5) is 0 Å². The molecular formula is C17H33N. The van der Waals surface area contributed by atoms with E-state index in [-0.39, 0.29) is 0 Å². The first-order valence-corrected chi connectivity index (χ1v) is 8.44. The van der Waals surface area contributed by atoms with E-state index in [0.717, 1.165) is 29.7 Å². The molecule has 0 spiro atoms. The minimum Gasteiger partial charge on any atom is -0.314 e. The number of nitrogens with one attached hydrogen (secondary N) is 1. The van der Waals surface area contributed by atoms with Crippen LogP contribution < -0.4 is 5.32 Å². The van der Waals surface area contributed by atoms with E-state index in [2.05, 4.69) is 26.1 Å². The van der Waals surface area contributed by atoms with E-state index < -0.39 is 0 Å². The smallest absolute Gasteiger partial charge is 0.00698 e. The SMILES string of the molecule is CCCNC1CCCC(C2CCC(C)C(C)C2)C1. The second-order valence-electron chi connectivity index (χ2n) is 7.11. The summed E-state index contributed by atoms with van der Waals surface area (Å²) < 4.78 is 0. The Morgan fingerprint density at radius 3 is 2.39 bits per heavy atom. The summed E-state index contributed by atoms with van der Waals surface area (Å²) in [4.78, 5) is 0. The Kier molecular flexibility index (Phi) is 5.54. The third-order valence-electron chi connectivity index (χ3n) is 5.70. The summed E-state index contributed by atoms with van der Waals surface area (Å²) in [5, 5.41) is 3.76. The second-order valence-corrected chi connectivity index (χ2v) is 7.11. The van der Waals surface area contributed by atoms with Crippen molar-refractivity contribution in [3.05, 3.63) is 0 Å². The van der Waals surface area contributed by atoms with Crippen molar-refractivity contribution in [3.8, 4) is 0 Å². The van der Waals surface area contributed by atoms with Gasteiger partial charge in [0.05, 0.1) is 0 Å². The lowest BCUT2D eigenvalue weighted by Crippen LogP contribution is -2.38. The van der Waals surface area contributed by atoms with E-state index in [9.17, 15) is 0 Å². The van der Waals surface area contributed by atoms with Crippen LogP contribution in [0.5, 0.6) is 0 Å². The molecule has 0 heterocycles. The van der Waals surface area contributed by atoms with Crippen molar-refractivity contribution in [2.75, 3.05) is 6.54 Å². The standard InChI is InChI=1S/C17H33N/c1-4-10-18-17-7-5-6-15(12-17)16-9-8-13(2)14(3)11-16/h13-18H,4-12H2,1-3H3. The van der Waals surface area contributed by atoms with E-state index in [1.165, 1.54) is 57.9 Å². The van der Waals surface area contributed by atoms with Gasteiger partial charge in [0, 0.05) is 6.04 Å². The van der Waals surface area contributed by atoms with Crippen LogP contribution in [-0.2, 0) is 0 Å². The van der Waals surface area contributed by atoms with Crippen LogP contribution in [0.3, 0.4) is 0 Å². The minimum atomic E-state index is 0.832. The van der Waals surface area contributed by atoms with Crippen molar-refractivity contribution in [1.82, 2.24) is 5.32 Å². The number of hydrogen-bond acceptors (Lipinski definition) is 1. The van der Waals surface area contributed by atoms with Gasteiger partial charge in [-0.1, -0.05) is 40.0 Å². The largest absolute Gasteiger partial charge is 0.314 e. The molecule has 0 aromatic heterocycles. The first-order chi connectivity index (χ1) is 8.70. The summed E-state index contributed by atoms with van der Waals surface area (Å²) in [6.07, 6.45) is 11.6. The lowest BCUT2D eigenvalue weighted by molar-refractivity contribution is 0.119. The van der Waals surface area contributed by atoms with Gasteiger partial charge in [-0.2, -0.15) is 0 Å². The highest BCUT2D eigenvalue weighted by Crippen LogP contribution is 2.42. The van der Waals surface area contributed by atoms with E-state index in [1.54, 1.807) is 0 Å². The summed E-state index contributed by atoms with van der Waals surface area (Å²) in [5.41, 5.74) is 0. The lowest BCUT2D eigenvalue weighted by atomic mass is 9.67. The highest BCUT2D eigenvalue weighted by Gasteiger charge is 2.32. The molecule has 0 aliphatic heterocycles. The van der Waals surface area contributed by atoms with Crippen molar-refractivity contribution in [2.24, 2.45) is 23.7 Å². The molecular weight excluding hydrogens is 218 g/mol. The highest BCUT2D eigenvalue weighted by atomic mass is 14.9. The number of hydrogen-bond donors (Lipinski definition) is 1. The lowest BCUT2D eigenvalue weighted by Gasteiger charge is -2.40. The van der Waals surface area contributed by atoms with Gasteiger partial charge in [0.2, 0.25) is 0 Å². The van der Waals surface area contributed by atoms with Crippen LogP contribution in [0, 0.1) is 23.7 Å². The van der Waals surface area contributed by atoms with Crippen molar-refractivity contribution in [3.63, 3.8) is 0 Å². The Morgan fingerprint density at radius 1 is 0.889 bits per heavy atom. The van der Waals surface area contributed by atoms with Gasteiger partial charge in [-0.25, -0.2) is 0 Å². The summed E-state index contributed by atoms with van der Waals surface area (Å²) in [7, 11) is 0. The van der Waals surface area contributed by atoms with E-state index >= 15 is 0 Å². The Labute approximate surface area is 114 Å². The number of rotatable bonds is 4. The maximum absolute atomic E-state index is 3.76. The van der Waals surface area contributed by atoms with E-state index in [0.29, 0.717) is 0 Å². The molecule has 0 amide bonds. The van der Waals surface area contributed by atoms with Gasteiger partial charge in [0.1, 0.15) is 0 Å². The van der Waals surface area contributed by atoms with Crippen molar-refractivity contribution in [2.45, 2.75) is 78.2 Å².